The van der Waals surface area contributed by atoms with Crippen molar-refractivity contribution in [2.45, 2.75) is 39.0 Å². The van der Waals surface area contributed by atoms with Crippen molar-refractivity contribution in [1.82, 2.24) is 9.97 Å². The van der Waals surface area contributed by atoms with Gasteiger partial charge in [0.15, 0.2) is 11.7 Å². The minimum atomic E-state index is -1.06. The number of hydrogen-bond acceptors (Lipinski definition) is 4. The van der Waals surface area contributed by atoms with Crippen LogP contribution in [0.3, 0.4) is 0 Å². The lowest BCUT2D eigenvalue weighted by Crippen LogP contribution is -2.21. The highest BCUT2D eigenvalue weighted by molar-refractivity contribution is 6.31. The van der Waals surface area contributed by atoms with Crippen molar-refractivity contribution < 1.29 is 4.79 Å². The van der Waals surface area contributed by atoms with E-state index in [2.05, 4.69) is 16.9 Å². The predicted molar refractivity (Wildman–Crippen MR) is 89.4 cm³/mol. The van der Waals surface area contributed by atoms with Crippen LogP contribution < -0.4 is 5.56 Å². The van der Waals surface area contributed by atoms with Gasteiger partial charge in [0.25, 0.3) is 5.56 Å². The van der Waals surface area contributed by atoms with Gasteiger partial charge in [-0.15, -0.1) is 0 Å². The Morgan fingerprint density at radius 3 is 2.87 bits per heavy atom. The number of fused-ring (bicyclic) bond motifs is 1. The van der Waals surface area contributed by atoms with Gasteiger partial charge in [0.2, 0.25) is 0 Å². The van der Waals surface area contributed by atoms with Gasteiger partial charge >= 0.3 is 0 Å². The van der Waals surface area contributed by atoms with E-state index in [1.165, 1.54) is 0 Å². The molecule has 23 heavy (non-hydrogen) atoms. The zero-order valence-electron chi connectivity index (χ0n) is 13.1. The number of Topliss-reactive ketones (excluding diaryl/α,β-unsaturated/α-hetero) is 1. The van der Waals surface area contributed by atoms with Crippen molar-refractivity contribution in [3.8, 4) is 6.07 Å². The number of halogens is 1. The summed E-state index contributed by atoms with van der Waals surface area (Å²) in [5, 5.41) is 10.2. The first-order valence-electron chi connectivity index (χ1n) is 7.58. The lowest BCUT2D eigenvalue weighted by molar-refractivity contribution is -0.120. The van der Waals surface area contributed by atoms with Gasteiger partial charge in [0, 0.05) is 11.4 Å². The van der Waals surface area contributed by atoms with Gasteiger partial charge < -0.3 is 4.98 Å². The zero-order chi connectivity index (χ0) is 17.0. The molecular weight excluding hydrogens is 314 g/mol. The number of carbonyl (C=O) groups excluding carboxylic acids is 1. The van der Waals surface area contributed by atoms with Gasteiger partial charge in [-0.25, -0.2) is 4.98 Å². The van der Waals surface area contributed by atoms with Crippen LogP contribution in [0.4, 0.5) is 0 Å². The highest BCUT2D eigenvalue weighted by atomic mass is 35.5. The molecule has 5 nitrogen and oxygen atoms in total. The fourth-order valence-corrected chi connectivity index (χ4v) is 2.78. The van der Waals surface area contributed by atoms with Crippen molar-refractivity contribution >= 4 is 28.3 Å². The maximum atomic E-state index is 12.4. The number of ketones is 1. The lowest BCUT2D eigenvalue weighted by Gasteiger charge is -2.12. The molecule has 0 spiro atoms. The van der Waals surface area contributed by atoms with Crippen molar-refractivity contribution in [1.29, 1.82) is 5.26 Å². The molecule has 6 heteroatoms. The number of nitrogens with one attached hydrogen (secondary N) is 1. The molecule has 0 saturated heterocycles. The molecule has 0 aliphatic carbocycles. The Morgan fingerprint density at radius 2 is 2.22 bits per heavy atom. The molecule has 1 heterocycles. The molecule has 1 N–H and O–H groups in total. The number of nitrogens with zero attached hydrogens (tertiary/aromatic N) is 2. The summed E-state index contributed by atoms with van der Waals surface area (Å²) >= 11 is 5.92. The third-order valence-corrected chi connectivity index (χ3v) is 3.98. The van der Waals surface area contributed by atoms with Gasteiger partial charge in [0.1, 0.15) is 5.82 Å². The lowest BCUT2D eigenvalue weighted by atomic mass is 9.93. The smallest absolute Gasteiger partial charge is 0.258 e. The normalized spacial score (nSPS) is 13.5. The molecule has 1 aromatic carbocycles. The van der Waals surface area contributed by atoms with Crippen LogP contribution in [0.2, 0.25) is 5.02 Å². The predicted octanol–water partition coefficient (Wildman–Crippen LogP) is 3.58. The average molecular weight is 332 g/mol. The van der Waals surface area contributed by atoms with E-state index in [1.807, 2.05) is 13.0 Å². The molecule has 0 aliphatic heterocycles. The van der Waals surface area contributed by atoms with Crippen LogP contribution >= 0.6 is 11.6 Å². The third kappa shape index (κ3) is 3.96. The van der Waals surface area contributed by atoms with Gasteiger partial charge in [0.05, 0.1) is 17.0 Å². The molecule has 2 unspecified atom stereocenters. The second-order valence-corrected chi connectivity index (χ2v) is 6.18. The summed E-state index contributed by atoms with van der Waals surface area (Å²) in [6.45, 7) is 4.03. The molecule has 120 valence electrons. The van der Waals surface area contributed by atoms with E-state index in [0.29, 0.717) is 22.3 Å². The fraction of sp³-hybridized carbons (Fsp3) is 0.412. The minimum Gasteiger partial charge on any atom is -0.308 e. The first-order chi connectivity index (χ1) is 11.0. The zero-order valence-corrected chi connectivity index (χ0v) is 13.9. The number of carbonyl (C=O) groups is 1. The monoisotopic (exact) mass is 331 g/mol. The maximum absolute atomic E-state index is 12.4. The van der Waals surface area contributed by atoms with Crippen LogP contribution in [0.1, 0.15) is 44.9 Å². The van der Waals surface area contributed by atoms with Crippen molar-refractivity contribution in [3.63, 3.8) is 0 Å². The van der Waals surface area contributed by atoms with E-state index in [9.17, 15) is 14.9 Å². The van der Waals surface area contributed by atoms with E-state index in [0.717, 1.165) is 12.8 Å². The molecule has 0 bridgehead atoms. The fourth-order valence-electron chi connectivity index (χ4n) is 2.61. The number of rotatable bonds is 6. The molecule has 0 saturated carbocycles. The molecule has 1 aromatic heterocycles. The van der Waals surface area contributed by atoms with Gasteiger partial charge in [-0.1, -0.05) is 38.3 Å². The van der Waals surface area contributed by atoms with Crippen molar-refractivity contribution in [3.05, 3.63) is 39.4 Å². The molecule has 0 aliphatic rings. The first-order valence-corrected chi connectivity index (χ1v) is 7.95. The van der Waals surface area contributed by atoms with E-state index < -0.39 is 5.92 Å². The second-order valence-electron chi connectivity index (χ2n) is 5.74. The van der Waals surface area contributed by atoms with E-state index in [4.69, 9.17) is 11.6 Å². The second kappa shape index (κ2) is 7.38. The molecule has 0 fully saturated rings. The largest absolute Gasteiger partial charge is 0.308 e. The minimum absolute atomic E-state index is 0.0842. The topological polar surface area (TPSA) is 86.6 Å². The Hall–Kier alpha value is -2.19. The molecule has 0 amide bonds. The third-order valence-electron chi connectivity index (χ3n) is 3.74. The summed E-state index contributed by atoms with van der Waals surface area (Å²) in [7, 11) is 0. The van der Waals surface area contributed by atoms with Crippen molar-refractivity contribution in [2.75, 3.05) is 0 Å². The molecule has 2 atom stereocenters. The summed E-state index contributed by atoms with van der Waals surface area (Å²) in [5.74, 6) is -1.01. The maximum Gasteiger partial charge on any atom is 0.258 e. The van der Waals surface area contributed by atoms with Crippen LogP contribution in [0, 0.1) is 17.2 Å². The molecule has 2 aromatic rings. The van der Waals surface area contributed by atoms with Crippen LogP contribution in [-0.4, -0.2) is 15.8 Å². The highest BCUT2D eigenvalue weighted by Gasteiger charge is 2.24. The summed E-state index contributed by atoms with van der Waals surface area (Å²) in [4.78, 5) is 31.3. The number of nitriles is 1. The summed E-state index contributed by atoms with van der Waals surface area (Å²) < 4.78 is 0. The van der Waals surface area contributed by atoms with Crippen LogP contribution in [0.5, 0.6) is 0 Å². The first kappa shape index (κ1) is 17.2. The van der Waals surface area contributed by atoms with E-state index in [1.54, 1.807) is 18.2 Å². The van der Waals surface area contributed by atoms with E-state index >= 15 is 0 Å². The number of aromatic amines is 1. The Balaban J connectivity index is 2.38. The number of hydrogen-bond donors (Lipinski definition) is 1. The van der Waals surface area contributed by atoms with E-state index in [-0.39, 0.29) is 23.1 Å². The van der Waals surface area contributed by atoms with Crippen LogP contribution in [0.25, 0.3) is 10.9 Å². The standard InChI is InChI=1S/C17H18ClN3O2/c1-3-4-10(2)7-15(22)13(9-19)16-20-14-8-11(18)5-6-12(14)17(23)21-16/h5-6,8,10,13H,3-4,7H2,1-2H3,(H,20,21,23). The number of aromatic nitrogens is 2. The number of benzene rings is 1. The quantitative estimate of drug-likeness (QED) is 0.876. The average Bonchev–Trinajstić information content (AvgIpc) is 2.47. The van der Waals surface area contributed by atoms with Gasteiger partial charge in [-0.2, -0.15) is 5.26 Å². The Bertz CT molecular complexity index is 823. The van der Waals surface area contributed by atoms with Gasteiger partial charge in [-0.3, -0.25) is 9.59 Å². The number of H-pyrrole nitrogens is 1. The van der Waals surface area contributed by atoms with Crippen molar-refractivity contribution in [2.24, 2.45) is 5.92 Å². The SMILES string of the molecule is CCCC(C)CC(=O)C(C#N)c1nc2cc(Cl)ccc2c(=O)[nH]1. The van der Waals surface area contributed by atoms with Crippen LogP contribution in [0.15, 0.2) is 23.0 Å². The summed E-state index contributed by atoms with van der Waals surface area (Å²) in [5.41, 5.74) is 0.00206. The Labute approximate surface area is 139 Å². The molecular formula is C17H18ClN3O2. The Morgan fingerprint density at radius 1 is 1.48 bits per heavy atom. The van der Waals surface area contributed by atoms with Gasteiger partial charge in [-0.05, 0) is 24.1 Å². The summed E-state index contributed by atoms with van der Waals surface area (Å²) in [6, 6.07) is 6.67. The molecule has 2 rings (SSSR count). The Kier molecular flexibility index (Phi) is 5.51. The highest BCUT2D eigenvalue weighted by Crippen LogP contribution is 2.21. The summed E-state index contributed by atoms with van der Waals surface area (Å²) in [6.07, 6.45) is 2.19. The van der Waals surface area contributed by atoms with Crippen LogP contribution in [-0.2, 0) is 4.79 Å². The molecule has 0 radical (unpaired) electrons.